The minimum absolute atomic E-state index is 0.0718. The number of methoxy groups -OCH3 is 2. The average molecular weight is 287 g/mol. The van der Waals surface area contributed by atoms with Gasteiger partial charge in [-0.15, -0.1) is 4.91 Å². The number of benzene rings is 2. The van der Waals surface area contributed by atoms with Gasteiger partial charge in [0.15, 0.2) is 5.75 Å². The summed E-state index contributed by atoms with van der Waals surface area (Å²) in [6.45, 7) is 1.94. The molecule has 0 saturated carbocycles. The molecule has 0 aromatic heterocycles. The average Bonchev–Trinajstić information content (AvgIpc) is 2.54. The van der Waals surface area contributed by atoms with E-state index in [0.29, 0.717) is 5.56 Å². The van der Waals surface area contributed by atoms with E-state index < -0.39 is 0 Å². The summed E-state index contributed by atoms with van der Waals surface area (Å²) in [6, 6.07) is 10.5. The van der Waals surface area contributed by atoms with E-state index >= 15 is 0 Å². The van der Waals surface area contributed by atoms with E-state index in [1.165, 1.54) is 13.2 Å². The molecule has 0 fully saturated rings. The summed E-state index contributed by atoms with van der Waals surface area (Å²) >= 11 is 0. The Labute approximate surface area is 123 Å². The van der Waals surface area contributed by atoms with Crippen molar-refractivity contribution in [1.82, 2.24) is 0 Å². The maximum Gasteiger partial charge on any atom is 0.151 e. The Bertz CT molecular complexity index is 637. The first-order valence-corrected chi connectivity index (χ1v) is 6.49. The summed E-state index contributed by atoms with van der Waals surface area (Å²) in [7, 11) is 3.03. The van der Waals surface area contributed by atoms with Crippen LogP contribution in [0.25, 0.3) is 0 Å². The molecule has 1 N–H and O–H groups in total. The van der Waals surface area contributed by atoms with Crippen LogP contribution in [-0.2, 0) is 0 Å². The van der Waals surface area contributed by atoms with Crippen LogP contribution in [-0.4, -0.2) is 19.3 Å². The van der Waals surface area contributed by atoms with Gasteiger partial charge in [-0.2, -0.15) is 0 Å². The predicted octanol–water partition coefficient (Wildman–Crippen LogP) is 3.96. The monoisotopic (exact) mass is 287 g/mol. The first-order chi connectivity index (χ1) is 10.1. The highest BCUT2D eigenvalue weighted by Crippen LogP contribution is 2.39. The van der Waals surface area contributed by atoms with E-state index in [1.54, 1.807) is 13.2 Å². The van der Waals surface area contributed by atoms with Gasteiger partial charge in [-0.1, -0.05) is 19.1 Å². The van der Waals surface area contributed by atoms with Crippen molar-refractivity contribution in [3.8, 4) is 17.2 Å². The van der Waals surface area contributed by atoms with Crippen LogP contribution in [0.15, 0.2) is 41.6 Å². The van der Waals surface area contributed by atoms with Gasteiger partial charge in [-0.05, 0) is 28.9 Å². The second-order valence-corrected chi connectivity index (χ2v) is 4.67. The third-order valence-electron chi connectivity index (χ3n) is 3.51. The number of hydrogen-bond donors (Lipinski definition) is 1. The lowest BCUT2D eigenvalue weighted by molar-refractivity contribution is 0.407. The molecule has 0 spiro atoms. The number of phenols is 1. The van der Waals surface area contributed by atoms with Gasteiger partial charge in [-0.25, -0.2) is 0 Å². The van der Waals surface area contributed by atoms with Crippen LogP contribution in [0, 0.1) is 4.91 Å². The largest absolute Gasteiger partial charge is 0.508 e. The Hall–Kier alpha value is -2.56. The molecule has 0 radical (unpaired) electrons. The van der Waals surface area contributed by atoms with Crippen LogP contribution in [0.1, 0.15) is 24.0 Å². The Morgan fingerprint density at radius 2 is 1.76 bits per heavy atom. The van der Waals surface area contributed by atoms with Gasteiger partial charge in [0.2, 0.25) is 0 Å². The molecule has 5 heteroatoms. The molecular weight excluding hydrogens is 270 g/mol. The standard InChI is InChI=1S/C16H17NO4/c1-10(11-4-6-12(20-2)7-5-11)13-8-14(17-19)16(21-3)9-15(13)18/h4-10,18H,1-3H3/t10-/m0/s1. The van der Waals surface area contributed by atoms with Crippen LogP contribution in [0.3, 0.4) is 0 Å². The van der Waals surface area contributed by atoms with Crippen molar-refractivity contribution in [2.24, 2.45) is 5.18 Å². The molecule has 0 aliphatic rings. The van der Waals surface area contributed by atoms with Crippen molar-refractivity contribution < 1.29 is 14.6 Å². The molecule has 1 atom stereocenters. The smallest absolute Gasteiger partial charge is 0.151 e. The highest BCUT2D eigenvalue weighted by atomic mass is 16.5. The fourth-order valence-electron chi connectivity index (χ4n) is 2.23. The molecule has 0 saturated heterocycles. The topological polar surface area (TPSA) is 68.1 Å². The Morgan fingerprint density at radius 3 is 2.29 bits per heavy atom. The lowest BCUT2D eigenvalue weighted by Gasteiger charge is -2.16. The maximum absolute atomic E-state index is 10.9. The molecule has 2 aromatic rings. The second kappa shape index (κ2) is 6.26. The van der Waals surface area contributed by atoms with Crippen LogP contribution in [0.4, 0.5) is 5.69 Å². The molecule has 110 valence electrons. The van der Waals surface area contributed by atoms with Crippen molar-refractivity contribution in [3.05, 3.63) is 52.4 Å². The predicted molar refractivity (Wildman–Crippen MR) is 80.6 cm³/mol. The zero-order chi connectivity index (χ0) is 15.4. The van der Waals surface area contributed by atoms with Crippen LogP contribution < -0.4 is 9.47 Å². The van der Waals surface area contributed by atoms with E-state index in [4.69, 9.17) is 9.47 Å². The van der Waals surface area contributed by atoms with E-state index in [2.05, 4.69) is 5.18 Å². The van der Waals surface area contributed by atoms with Crippen LogP contribution in [0.5, 0.6) is 17.2 Å². The van der Waals surface area contributed by atoms with Crippen molar-refractivity contribution in [2.75, 3.05) is 14.2 Å². The van der Waals surface area contributed by atoms with Gasteiger partial charge in [0.05, 0.1) is 14.2 Å². The number of phenolic OH excluding ortho intramolecular Hbond substituents is 1. The maximum atomic E-state index is 10.9. The summed E-state index contributed by atoms with van der Waals surface area (Å²) < 4.78 is 10.1. The number of rotatable bonds is 5. The zero-order valence-electron chi connectivity index (χ0n) is 12.2. The van der Waals surface area contributed by atoms with Crippen molar-refractivity contribution >= 4 is 5.69 Å². The number of hydrogen-bond acceptors (Lipinski definition) is 5. The highest BCUT2D eigenvalue weighted by Gasteiger charge is 2.17. The third-order valence-corrected chi connectivity index (χ3v) is 3.51. The quantitative estimate of drug-likeness (QED) is 0.845. The second-order valence-electron chi connectivity index (χ2n) is 4.67. The highest BCUT2D eigenvalue weighted by molar-refractivity contribution is 5.60. The summed E-state index contributed by atoms with van der Waals surface area (Å²) in [6.07, 6.45) is 0. The SMILES string of the molecule is COc1ccc([C@H](C)c2cc(N=O)c(OC)cc2O)cc1. The van der Waals surface area contributed by atoms with Gasteiger partial charge in [0.25, 0.3) is 0 Å². The number of aromatic hydroxyl groups is 1. The molecule has 0 amide bonds. The van der Waals surface area contributed by atoms with Gasteiger partial charge in [0, 0.05) is 17.5 Å². The van der Waals surface area contributed by atoms with E-state index in [9.17, 15) is 10.0 Å². The normalized spacial score (nSPS) is 11.8. The molecule has 0 aliphatic carbocycles. The first kappa shape index (κ1) is 14.8. The summed E-state index contributed by atoms with van der Waals surface area (Å²) in [5.74, 6) is 0.998. The summed E-state index contributed by atoms with van der Waals surface area (Å²) in [4.78, 5) is 10.9. The first-order valence-electron chi connectivity index (χ1n) is 6.49. The summed E-state index contributed by atoms with van der Waals surface area (Å²) in [5, 5.41) is 13.1. The molecule has 2 rings (SSSR count). The fourth-order valence-corrected chi connectivity index (χ4v) is 2.23. The van der Waals surface area contributed by atoms with E-state index in [0.717, 1.165) is 11.3 Å². The third kappa shape index (κ3) is 2.97. The minimum atomic E-state index is -0.0951. The molecule has 2 aromatic carbocycles. The van der Waals surface area contributed by atoms with Crippen LogP contribution >= 0.6 is 0 Å². The molecule has 0 unspecified atom stereocenters. The van der Waals surface area contributed by atoms with E-state index in [-0.39, 0.29) is 23.1 Å². The molecular formula is C16H17NO4. The molecule has 5 nitrogen and oxygen atoms in total. The zero-order valence-corrected chi connectivity index (χ0v) is 12.2. The Morgan fingerprint density at radius 1 is 1.10 bits per heavy atom. The minimum Gasteiger partial charge on any atom is -0.508 e. The number of nitroso groups, excluding NO2 is 1. The lowest BCUT2D eigenvalue weighted by Crippen LogP contribution is -1.97. The van der Waals surface area contributed by atoms with Gasteiger partial charge in [-0.3, -0.25) is 0 Å². The summed E-state index contributed by atoms with van der Waals surface area (Å²) in [5.41, 5.74) is 1.79. The van der Waals surface area contributed by atoms with Gasteiger partial charge >= 0.3 is 0 Å². The van der Waals surface area contributed by atoms with Crippen LogP contribution in [0.2, 0.25) is 0 Å². The van der Waals surface area contributed by atoms with Gasteiger partial charge in [0.1, 0.15) is 17.2 Å². The molecule has 0 bridgehead atoms. The fraction of sp³-hybridized carbons (Fsp3) is 0.250. The molecule has 0 heterocycles. The Balaban J connectivity index is 2.41. The number of nitrogens with zero attached hydrogens (tertiary/aromatic N) is 1. The van der Waals surface area contributed by atoms with Gasteiger partial charge < -0.3 is 14.6 Å². The molecule has 21 heavy (non-hydrogen) atoms. The van der Waals surface area contributed by atoms with Crippen molar-refractivity contribution in [3.63, 3.8) is 0 Å². The lowest BCUT2D eigenvalue weighted by atomic mass is 9.92. The number of ether oxygens (including phenoxy) is 2. The molecule has 0 aliphatic heterocycles. The van der Waals surface area contributed by atoms with E-state index in [1.807, 2.05) is 31.2 Å². The Kier molecular flexibility index (Phi) is 4.42. The van der Waals surface area contributed by atoms with Crippen molar-refractivity contribution in [1.29, 1.82) is 0 Å². The van der Waals surface area contributed by atoms with Crippen molar-refractivity contribution in [2.45, 2.75) is 12.8 Å².